The molecule has 0 fully saturated rings. The topological polar surface area (TPSA) is 34.9 Å². The number of rotatable bonds is 3. The van der Waals surface area contributed by atoms with Gasteiger partial charge in [0.2, 0.25) is 5.78 Å². The Balaban J connectivity index is 2.56. The number of aryl methyl sites for hydroxylation is 1. The zero-order chi connectivity index (χ0) is 14.2. The number of aromatic nitrogens is 2. The van der Waals surface area contributed by atoms with E-state index in [0.717, 1.165) is 14.5 Å². The Bertz CT molecular complexity index is 632. The van der Waals surface area contributed by atoms with E-state index in [-0.39, 0.29) is 11.8 Å². The van der Waals surface area contributed by atoms with Crippen molar-refractivity contribution in [1.29, 1.82) is 0 Å². The van der Waals surface area contributed by atoms with Crippen molar-refractivity contribution in [3.8, 4) is 0 Å². The molecular formula is C14H14Br2N2O. The molecule has 19 heavy (non-hydrogen) atoms. The summed E-state index contributed by atoms with van der Waals surface area (Å²) >= 11 is 6.82. The molecule has 2 aromatic rings. The summed E-state index contributed by atoms with van der Waals surface area (Å²) in [6.45, 7) is 5.94. The lowest BCUT2D eigenvalue weighted by Gasteiger charge is -2.12. The summed E-state index contributed by atoms with van der Waals surface area (Å²) in [5.74, 6) is -0.0168. The van der Waals surface area contributed by atoms with Crippen molar-refractivity contribution in [2.45, 2.75) is 26.8 Å². The van der Waals surface area contributed by atoms with E-state index in [1.165, 1.54) is 0 Å². The van der Waals surface area contributed by atoms with Crippen molar-refractivity contribution in [3.05, 3.63) is 50.2 Å². The van der Waals surface area contributed by atoms with Gasteiger partial charge in [-0.05, 0) is 54.4 Å². The minimum Gasteiger partial charge on any atom is -0.287 e. The van der Waals surface area contributed by atoms with Gasteiger partial charge in [0.1, 0.15) is 5.69 Å². The van der Waals surface area contributed by atoms with Gasteiger partial charge in [0.15, 0.2) is 0 Å². The summed E-state index contributed by atoms with van der Waals surface area (Å²) in [6, 6.07) is 5.85. The first kappa shape index (κ1) is 14.5. The van der Waals surface area contributed by atoms with Gasteiger partial charge in [-0.25, -0.2) is 0 Å². The molecule has 0 radical (unpaired) electrons. The summed E-state index contributed by atoms with van der Waals surface area (Å²) in [5.41, 5.74) is 2.24. The molecule has 0 aliphatic heterocycles. The second-order valence-corrected chi connectivity index (χ2v) is 6.44. The van der Waals surface area contributed by atoms with Gasteiger partial charge in [-0.3, -0.25) is 9.48 Å². The van der Waals surface area contributed by atoms with Crippen LogP contribution in [0, 0.1) is 6.92 Å². The van der Waals surface area contributed by atoms with Gasteiger partial charge in [-0.2, -0.15) is 5.10 Å². The Morgan fingerprint density at radius 1 is 1.32 bits per heavy atom. The Hall–Kier alpha value is -0.940. The first-order valence-corrected chi connectivity index (χ1v) is 7.54. The molecule has 100 valence electrons. The third-order valence-corrected chi connectivity index (χ3v) is 3.97. The minimum absolute atomic E-state index is 0.0168. The highest BCUT2D eigenvalue weighted by Crippen LogP contribution is 2.25. The third-order valence-electron chi connectivity index (χ3n) is 2.90. The molecule has 0 saturated heterocycles. The van der Waals surface area contributed by atoms with Gasteiger partial charge in [-0.15, -0.1) is 0 Å². The molecule has 3 nitrogen and oxygen atoms in total. The van der Waals surface area contributed by atoms with E-state index < -0.39 is 0 Å². The first-order valence-electron chi connectivity index (χ1n) is 5.95. The van der Waals surface area contributed by atoms with Gasteiger partial charge < -0.3 is 0 Å². The average Bonchev–Trinajstić information content (AvgIpc) is 2.73. The molecule has 0 saturated carbocycles. The zero-order valence-electron chi connectivity index (χ0n) is 10.9. The van der Waals surface area contributed by atoms with Gasteiger partial charge in [0, 0.05) is 16.1 Å². The fourth-order valence-electron chi connectivity index (χ4n) is 1.91. The fourth-order valence-corrected chi connectivity index (χ4v) is 2.73. The molecule has 0 atom stereocenters. The second kappa shape index (κ2) is 5.59. The summed E-state index contributed by atoms with van der Waals surface area (Å²) in [5, 5.41) is 4.25. The first-order chi connectivity index (χ1) is 8.91. The van der Waals surface area contributed by atoms with E-state index in [9.17, 15) is 4.79 Å². The maximum atomic E-state index is 12.7. The molecule has 2 rings (SSSR count). The molecule has 0 bridgehead atoms. The zero-order valence-corrected chi connectivity index (χ0v) is 14.1. The monoisotopic (exact) mass is 384 g/mol. The molecule has 0 N–H and O–H groups in total. The van der Waals surface area contributed by atoms with Crippen molar-refractivity contribution in [2.75, 3.05) is 0 Å². The smallest absolute Gasteiger partial charge is 0.212 e. The van der Waals surface area contributed by atoms with Crippen LogP contribution in [-0.4, -0.2) is 15.6 Å². The maximum absolute atomic E-state index is 12.7. The Labute approximate surface area is 129 Å². The lowest BCUT2D eigenvalue weighted by Crippen LogP contribution is -2.14. The second-order valence-electron chi connectivity index (χ2n) is 4.67. The molecule has 0 unspecified atom stereocenters. The largest absolute Gasteiger partial charge is 0.287 e. The summed E-state index contributed by atoms with van der Waals surface area (Å²) < 4.78 is 3.37. The highest BCUT2D eigenvalue weighted by atomic mass is 79.9. The number of carbonyl (C=O) groups is 1. The van der Waals surface area contributed by atoms with E-state index in [2.05, 4.69) is 37.0 Å². The van der Waals surface area contributed by atoms with Crippen LogP contribution in [0.4, 0.5) is 0 Å². The Morgan fingerprint density at radius 2 is 2.00 bits per heavy atom. The van der Waals surface area contributed by atoms with Crippen LogP contribution < -0.4 is 0 Å². The van der Waals surface area contributed by atoms with Crippen LogP contribution >= 0.6 is 31.9 Å². The van der Waals surface area contributed by atoms with Gasteiger partial charge in [-0.1, -0.05) is 22.0 Å². The SMILES string of the molecule is Cc1ccc(Br)cc1C(=O)c1c(Br)cnn1C(C)C. The van der Waals surface area contributed by atoms with Crippen LogP contribution in [0.5, 0.6) is 0 Å². The number of ketones is 1. The van der Waals surface area contributed by atoms with Crippen LogP contribution in [-0.2, 0) is 0 Å². The molecule has 0 spiro atoms. The maximum Gasteiger partial charge on any atom is 0.212 e. The number of nitrogens with zero attached hydrogens (tertiary/aromatic N) is 2. The highest BCUT2D eigenvalue weighted by molar-refractivity contribution is 9.10. The Morgan fingerprint density at radius 3 is 2.63 bits per heavy atom. The summed E-state index contributed by atoms with van der Waals surface area (Å²) in [4.78, 5) is 12.7. The van der Waals surface area contributed by atoms with Crippen LogP contribution in [0.3, 0.4) is 0 Å². The van der Waals surface area contributed by atoms with Crippen LogP contribution in [0.25, 0.3) is 0 Å². The van der Waals surface area contributed by atoms with E-state index in [1.54, 1.807) is 10.9 Å². The molecular weight excluding hydrogens is 372 g/mol. The summed E-state index contributed by atoms with van der Waals surface area (Å²) in [6.07, 6.45) is 1.67. The van der Waals surface area contributed by atoms with E-state index in [1.807, 2.05) is 39.0 Å². The van der Waals surface area contributed by atoms with Crippen molar-refractivity contribution in [3.63, 3.8) is 0 Å². The predicted molar refractivity (Wildman–Crippen MR) is 82.6 cm³/mol. The summed E-state index contributed by atoms with van der Waals surface area (Å²) in [7, 11) is 0. The molecule has 1 aromatic heterocycles. The van der Waals surface area contributed by atoms with Crippen molar-refractivity contribution >= 4 is 37.6 Å². The lowest BCUT2D eigenvalue weighted by molar-refractivity contribution is 0.102. The van der Waals surface area contributed by atoms with Crippen molar-refractivity contribution in [1.82, 2.24) is 9.78 Å². The van der Waals surface area contributed by atoms with Gasteiger partial charge in [0.05, 0.1) is 10.7 Å². The number of hydrogen-bond acceptors (Lipinski definition) is 2. The molecule has 0 aliphatic carbocycles. The van der Waals surface area contributed by atoms with E-state index in [0.29, 0.717) is 11.3 Å². The predicted octanol–water partition coefficient (Wildman–Crippen LogP) is 4.53. The van der Waals surface area contributed by atoms with Gasteiger partial charge in [0.25, 0.3) is 0 Å². The quantitative estimate of drug-likeness (QED) is 0.727. The number of halogens is 2. The number of hydrogen-bond donors (Lipinski definition) is 0. The van der Waals surface area contributed by atoms with Gasteiger partial charge >= 0.3 is 0 Å². The Kier molecular flexibility index (Phi) is 4.26. The van der Waals surface area contributed by atoms with Crippen LogP contribution in [0.2, 0.25) is 0 Å². The van der Waals surface area contributed by atoms with Crippen molar-refractivity contribution in [2.24, 2.45) is 0 Å². The standard InChI is InChI=1S/C14H14Br2N2O/c1-8(2)18-13(12(16)7-17-18)14(19)11-6-10(15)5-4-9(11)3/h4-8H,1-3H3. The third kappa shape index (κ3) is 2.82. The van der Waals surface area contributed by atoms with E-state index >= 15 is 0 Å². The van der Waals surface area contributed by atoms with Crippen LogP contribution in [0.1, 0.15) is 41.5 Å². The fraction of sp³-hybridized carbons (Fsp3) is 0.286. The molecule has 0 amide bonds. The molecule has 0 aliphatic rings. The normalized spacial score (nSPS) is 11.1. The number of benzene rings is 1. The molecule has 1 heterocycles. The lowest BCUT2D eigenvalue weighted by atomic mass is 10.0. The molecule has 1 aromatic carbocycles. The van der Waals surface area contributed by atoms with Crippen LogP contribution in [0.15, 0.2) is 33.3 Å². The average molecular weight is 386 g/mol. The number of carbonyl (C=O) groups excluding carboxylic acids is 1. The highest BCUT2D eigenvalue weighted by Gasteiger charge is 2.21. The minimum atomic E-state index is -0.0168. The van der Waals surface area contributed by atoms with Crippen molar-refractivity contribution < 1.29 is 4.79 Å². The molecule has 5 heteroatoms. The van der Waals surface area contributed by atoms with E-state index in [4.69, 9.17) is 0 Å².